The Morgan fingerprint density at radius 1 is 0.932 bits per heavy atom. The van der Waals surface area contributed by atoms with Gasteiger partial charge in [0.1, 0.15) is 12.1 Å². The molecule has 0 spiro atoms. The van der Waals surface area contributed by atoms with Crippen LogP contribution in [0.5, 0.6) is 0 Å². The summed E-state index contributed by atoms with van der Waals surface area (Å²) in [7, 11) is 0. The van der Waals surface area contributed by atoms with Crippen molar-refractivity contribution in [3.63, 3.8) is 0 Å². The molecule has 9 N–H and O–H groups in total. The molecular weight excluding hydrogens is 566 g/mol. The van der Waals surface area contributed by atoms with Gasteiger partial charge in [-0.25, -0.2) is 9.78 Å². The third kappa shape index (κ3) is 12.1. The van der Waals surface area contributed by atoms with Crippen molar-refractivity contribution in [3.05, 3.63) is 54.1 Å². The van der Waals surface area contributed by atoms with E-state index in [0.717, 1.165) is 5.56 Å². The van der Waals surface area contributed by atoms with Crippen LogP contribution >= 0.6 is 0 Å². The van der Waals surface area contributed by atoms with Crippen LogP contribution in [0.15, 0.2) is 42.9 Å². The van der Waals surface area contributed by atoms with E-state index in [4.69, 9.17) is 5.73 Å². The summed E-state index contributed by atoms with van der Waals surface area (Å²) in [5.41, 5.74) is 7.67. The third-order valence-electron chi connectivity index (χ3n) is 7.31. The van der Waals surface area contributed by atoms with E-state index < -0.39 is 60.0 Å². The van der Waals surface area contributed by atoms with Gasteiger partial charge < -0.3 is 42.2 Å². The van der Waals surface area contributed by atoms with Crippen LogP contribution in [-0.2, 0) is 32.0 Å². The van der Waals surface area contributed by atoms with Crippen LogP contribution in [-0.4, -0.2) is 86.7 Å². The van der Waals surface area contributed by atoms with E-state index in [1.54, 1.807) is 27.0 Å². The van der Waals surface area contributed by atoms with Crippen molar-refractivity contribution in [1.82, 2.24) is 31.2 Å². The molecule has 0 aliphatic heterocycles. The minimum atomic E-state index is -1.12. The van der Waals surface area contributed by atoms with Crippen LogP contribution in [0.3, 0.4) is 0 Å². The van der Waals surface area contributed by atoms with Gasteiger partial charge in [-0.05, 0) is 36.7 Å². The number of nitrogens with zero attached hydrogens (tertiary/aromatic N) is 1. The number of imidazole rings is 1. The van der Waals surface area contributed by atoms with Crippen molar-refractivity contribution in [2.45, 2.75) is 96.6 Å². The van der Waals surface area contributed by atoms with Crippen molar-refractivity contribution < 1.29 is 29.4 Å². The molecule has 2 rings (SSSR count). The topological polar surface area (TPSA) is 212 Å². The number of benzene rings is 1. The second-order valence-electron chi connectivity index (χ2n) is 11.9. The van der Waals surface area contributed by atoms with Crippen LogP contribution in [0.1, 0.15) is 58.7 Å². The number of carbonyl (C=O) groups is 4. The second-order valence-corrected chi connectivity index (χ2v) is 11.9. The largest absolute Gasteiger partial charge is 0.480 e. The molecule has 1 aromatic carbocycles. The predicted molar refractivity (Wildman–Crippen MR) is 166 cm³/mol. The zero-order chi connectivity index (χ0) is 32.8. The highest BCUT2D eigenvalue weighted by Gasteiger charge is 2.31. The zero-order valence-corrected chi connectivity index (χ0v) is 26.2. The Balaban J connectivity index is 2.08. The van der Waals surface area contributed by atoms with E-state index in [2.05, 4.69) is 31.2 Å². The Hall–Kier alpha value is -3.81. The van der Waals surface area contributed by atoms with Crippen molar-refractivity contribution in [3.8, 4) is 0 Å². The fourth-order valence-corrected chi connectivity index (χ4v) is 4.75. The molecular formula is C31H49N7O6. The number of aromatic amines is 1. The van der Waals surface area contributed by atoms with Gasteiger partial charge >= 0.3 is 5.97 Å². The molecule has 1 heterocycles. The molecule has 1 aromatic heterocycles. The first-order valence-electron chi connectivity index (χ1n) is 15.1. The normalized spacial score (nSPS) is 15.6. The summed E-state index contributed by atoms with van der Waals surface area (Å²) < 4.78 is 0. The van der Waals surface area contributed by atoms with E-state index in [1.165, 1.54) is 6.33 Å². The molecule has 2 aromatic rings. The van der Waals surface area contributed by atoms with Gasteiger partial charge in [-0.2, -0.15) is 0 Å². The number of carbonyl (C=O) groups excluding carboxylic acids is 3. The average molecular weight is 616 g/mol. The van der Waals surface area contributed by atoms with E-state index >= 15 is 0 Å². The van der Waals surface area contributed by atoms with E-state index in [1.807, 2.05) is 44.2 Å². The van der Waals surface area contributed by atoms with Crippen molar-refractivity contribution in [1.29, 1.82) is 0 Å². The maximum absolute atomic E-state index is 13.4. The number of nitrogens with two attached hydrogens (primary N) is 1. The van der Waals surface area contributed by atoms with Crippen LogP contribution in [0.4, 0.5) is 0 Å². The van der Waals surface area contributed by atoms with E-state index in [-0.39, 0.29) is 24.8 Å². The van der Waals surface area contributed by atoms with Gasteiger partial charge in [-0.15, -0.1) is 0 Å². The lowest BCUT2D eigenvalue weighted by molar-refractivity contribution is -0.143. The highest BCUT2D eigenvalue weighted by Crippen LogP contribution is 2.10. The molecule has 0 saturated carbocycles. The first kappa shape index (κ1) is 36.4. The lowest BCUT2D eigenvalue weighted by Crippen LogP contribution is -2.58. The van der Waals surface area contributed by atoms with Crippen LogP contribution in [0.25, 0.3) is 0 Å². The Labute approximate surface area is 259 Å². The van der Waals surface area contributed by atoms with Gasteiger partial charge in [0.15, 0.2) is 0 Å². The summed E-state index contributed by atoms with van der Waals surface area (Å²) in [6, 6.07) is 4.93. The summed E-state index contributed by atoms with van der Waals surface area (Å²) in [6.07, 6.45) is 3.13. The maximum atomic E-state index is 13.4. The molecule has 0 bridgehead atoms. The van der Waals surface area contributed by atoms with Crippen molar-refractivity contribution in [2.75, 3.05) is 6.54 Å². The molecule has 44 heavy (non-hydrogen) atoms. The van der Waals surface area contributed by atoms with Crippen molar-refractivity contribution >= 4 is 23.7 Å². The van der Waals surface area contributed by atoms with Gasteiger partial charge in [-0.1, -0.05) is 65.0 Å². The summed E-state index contributed by atoms with van der Waals surface area (Å²) in [5.74, 6) is -2.80. The van der Waals surface area contributed by atoms with Gasteiger partial charge in [-0.3, -0.25) is 14.4 Å². The number of aliphatic hydroxyl groups is 1. The van der Waals surface area contributed by atoms with Gasteiger partial charge in [0.05, 0.1) is 30.6 Å². The molecule has 0 aliphatic carbocycles. The molecule has 2 unspecified atom stereocenters. The van der Waals surface area contributed by atoms with Crippen LogP contribution in [0, 0.1) is 11.8 Å². The third-order valence-corrected chi connectivity index (χ3v) is 7.31. The lowest BCUT2D eigenvalue weighted by atomic mass is 9.99. The van der Waals surface area contributed by atoms with Gasteiger partial charge in [0, 0.05) is 24.9 Å². The van der Waals surface area contributed by atoms with Gasteiger partial charge in [0.25, 0.3) is 0 Å². The smallest absolute Gasteiger partial charge is 0.326 e. The Bertz CT molecular complexity index is 1180. The summed E-state index contributed by atoms with van der Waals surface area (Å²) >= 11 is 0. The van der Waals surface area contributed by atoms with Gasteiger partial charge in [0.2, 0.25) is 17.7 Å². The Kier molecular flexibility index (Phi) is 15.0. The highest BCUT2D eigenvalue weighted by atomic mass is 16.4. The minimum absolute atomic E-state index is 0.0392. The number of H-pyrrole nitrogens is 1. The molecule has 13 heteroatoms. The number of aromatic nitrogens is 2. The monoisotopic (exact) mass is 615 g/mol. The molecule has 0 saturated heterocycles. The first-order valence-corrected chi connectivity index (χ1v) is 15.1. The average Bonchev–Trinajstić information content (AvgIpc) is 3.49. The number of carboxylic acid groups (broad SMARTS) is 1. The number of hydrogen-bond donors (Lipinski definition) is 8. The van der Waals surface area contributed by atoms with Crippen molar-refractivity contribution in [2.24, 2.45) is 17.6 Å². The minimum Gasteiger partial charge on any atom is -0.480 e. The standard InChI is InChI=1S/C31H49N7O6/c1-6-23(26(39)16-34-24(12-18(2)3)29(41)38-27(19(4)5)31(43)44)36-30(42)25(14-21-15-33-17-35-21)37-28(40)22(32)13-20-10-8-7-9-11-20/h7-11,15,17-19,22-27,34,39H,6,12-14,16,32H2,1-5H3,(H,33,35)(H,36,42)(H,37,40)(H,38,41)(H,43,44)/t22-,23?,24-,25-,26?,27-/m0/s1. The van der Waals surface area contributed by atoms with Crippen LogP contribution < -0.4 is 27.0 Å². The maximum Gasteiger partial charge on any atom is 0.326 e. The number of nitrogens with one attached hydrogen (secondary N) is 5. The quantitative estimate of drug-likeness (QED) is 0.110. The predicted octanol–water partition coefficient (Wildman–Crippen LogP) is 0.492. The van der Waals surface area contributed by atoms with E-state index in [0.29, 0.717) is 25.0 Å². The summed E-state index contributed by atoms with van der Waals surface area (Å²) in [4.78, 5) is 58.0. The Morgan fingerprint density at radius 2 is 1.59 bits per heavy atom. The SMILES string of the molecule is CCC(NC(=O)[C@H](Cc1cnc[nH]1)NC(=O)[C@@H](N)Cc1ccccc1)C(O)CN[C@@H](CC(C)C)C(=O)N[C@H](C(=O)O)C(C)C. The molecule has 0 radical (unpaired) electrons. The lowest BCUT2D eigenvalue weighted by Gasteiger charge is -2.29. The first-order chi connectivity index (χ1) is 20.8. The molecule has 13 nitrogen and oxygen atoms in total. The number of carboxylic acids is 1. The molecule has 244 valence electrons. The molecule has 0 fully saturated rings. The number of aliphatic carboxylic acids is 1. The molecule has 6 atom stereocenters. The molecule has 0 aliphatic rings. The zero-order valence-electron chi connectivity index (χ0n) is 26.2. The number of aliphatic hydroxyl groups excluding tert-OH is 1. The fourth-order valence-electron chi connectivity index (χ4n) is 4.75. The highest BCUT2D eigenvalue weighted by molar-refractivity contribution is 5.90. The number of hydrogen-bond acceptors (Lipinski definition) is 8. The fraction of sp³-hybridized carbons (Fsp3) is 0.581. The Morgan fingerprint density at radius 3 is 2.14 bits per heavy atom. The number of rotatable bonds is 19. The van der Waals surface area contributed by atoms with Crippen LogP contribution in [0.2, 0.25) is 0 Å². The second kappa shape index (κ2) is 18.1. The molecule has 3 amide bonds. The summed E-state index contributed by atoms with van der Waals surface area (Å²) in [5, 5.41) is 31.7. The number of amides is 3. The summed E-state index contributed by atoms with van der Waals surface area (Å²) in [6.45, 7) is 9.05. The van der Waals surface area contributed by atoms with E-state index in [9.17, 15) is 29.4 Å².